The maximum atomic E-state index is 12.6. The number of nitrogens with one attached hydrogen (secondary N) is 1. The highest BCUT2D eigenvalue weighted by Gasteiger charge is 2.13. The molecule has 1 amide bonds. The molecule has 1 aromatic heterocycles. The summed E-state index contributed by atoms with van der Waals surface area (Å²) < 4.78 is 19.0. The Labute approximate surface area is 218 Å². The maximum absolute atomic E-state index is 12.6. The number of carbonyl (C=O) groups excluding carboxylic acids is 1. The first-order chi connectivity index (χ1) is 18.0. The van der Waals surface area contributed by atoms with Crippen LogP contribution in [0.2, 0.25) is 0 Å². The summed E-state index contributed by atoms with van der Waals surface area (Å²) in [5.41, 5.74) is 3.80. The van der Waals surface area contributed by atoms with E-state index in [1.54, 1.807) is 32.4 Å². The molecule has 1 heterocycles. The zero-order chi connectivity index (χ0) is 26.2. The molecule has 0 saturated heterocycles. The Balaban J connectivity index is 1.38. The molecule has 0 saturated carbocycles. The van der Waals surface area contributed by atoms with Crippen molar-refractivity contribution in [3.8, 4) is 17.2 Å². The van der Waals surface area contributed by atoms with Crippen LogP contribution in [0.15, 0.2) is 66.7 Å². The summed E-state index contributed by atoms with van der Waals surface area (Å²) in [6, 6.07) is 21.5. The summed E-state index contributed by atoms with van der Waals surface area (Å²) in [6.07, 6.45) is 1.50. The number of rotatable bonds is 12. The molecule has 0 unspecified atom stereocenters. The molecule has 0 fully saturated rings. The van der Waals surface area contributed by atoms with E-state index in [1.165, 1.54) is 5.56 Å². The van der Waals surface area contributed by atoms with Crippen molar-refractivity contribution < 1.29 is 19.0 Å². The van der Waals surface area contributed by atoms with Crippen LogP contribution in [0, 0.1) is 0 Å². The highest BCUT2D eigenvalue weighted by atomic mass is 16.5. The van der Waals surface area contributed by atoms with E-state index in [1.807, 2.05) is 36.4 Å². The average Bonchev–Trinajstić information content (AvgIpc) is 3.28. The topological polar surface area (TPSA) is 74.6 Å². The smallest absolute Gasteiger partial charge is 0.251 e. The quantitative estimate of drug-likeness (QED) is 0.255. The highest BCUT2D eigenvalue weighted by molar-refractivity contribution is 5.94. The van der Waals surface area contributed by atoms with Crippen LogP contribution in [0.25, 0.3) is 11.0 Å². The first-order valence-electron chi connectivity index (χ1n) is 12.7. The first-order valence-corrected chi connectivity index (χ1v) is 12.7. The first kappa shape index (κ1) is 26.1. The number of aromatic nitrogens is 2. The monoisotopic (exact) mass is 501 g/mol. The third-order valence-electron chi connectivity index (χ3n) is 6.36. The van der Waals surface area contributed by atoms with Crippen LogP contribution in [-0.4, -0.2) is 42.8 Å². The fraction of sp³-hybridized carbons (Fsp3) is 0.333. The van der Waals surface area contributed by atoms with E-state index in [2.05, 4.69) is 35.9 Å². The van der Waals surface area contributed by atoms with Crippen molar-refractivity contribution >= 4 is 16.9 Å². The fourth-order valence-corrected chi connectivity index (χ4v) is 4.43. The van der Waals surface area contributed by atoms with Crippen molar-refractivity contribution in [1.29, 1.82) is 0 Å². The number of hydrogen-bond acceptors (Lipinski definition) is 5. The molecule has 194 valence electrons. The van der Waals surface area contributed by atoms with Crippen molar-refractivity contribution in [2.75, 3.05) is 27.4 Å². The minimum atomic E-state index is -0.147. The van der Waals surface area contributed by atoms with Gasteiger partial charge in [-0.2, -0.15) is 0 Å². The lowest BCUT2D eigenvalue weighted by Crippen LogP contribution is -2.25. The van der Waals surface area contributed by atoms with E-state index in [0.717, 1.165) is 35.4 Å². The second-order valence-electron chi connectivity index (χ2n) is 9.14. The van der Waals surface area contributed by atoms with Gasteiger partial charge in [-0.1, -0.05) is 44.2 Å². The molecule has 1 N–H and O–H groups in total. The molecule has 3 aromatic carbocycles. The third-order valence-corrected chi connectivity index (χ3v) is 6.36. The normalized spacial score (nSPS) is 11.1. The Kier molecular flexibility index (Phi) is 8.67. The number of carbonyl (C=O) groups is 1. The maximum Gasteiger partial charge on any atom is 0.251 e. The van der Waals surface area contributed by atoms with E-state index in [4.69, 9.17) is 19.2 Å². The largest absolute Gasteiger partial charge is 0.493 e. The van der Waals surface area contributed by atoms with Gasteiger partial charge in [0.05, 0.1) is 31.8 Å². The standard InChI is InChI=1S/C30H35N3O4/c1-21(2)23-10-5-8-13-26(23)37-19-18-33-25-12-7-6-11-24(25)32-29(33)14-9-17-31-30(34)22-15-16-27(35-3)28(20-22)36-4/h5-8,10-13,15-16,20-21H,9,14,17-19H2,1-4H3,(H,31,34). The molecular weight excluding hydrogens is 466 g/mol. The molecule has 7 heteroatoms. The molecule has 0 aliphatic heterocycles. The van der Waals surface area contributed by atoms with Gasteiger partial charge < -0.3 is 24.1 Å². The summed E-state index contributed by atoms with van der Waals surface area (Å²) in [5.74, 6) is 3.29. The van der Waals surface area contributed by atoms with Crippen molar-refractivity contribution in [1.82, 2.24) is 14.9 Å². The van der Waals surface area contributed by atoms with Gasteiger partial charge in [0.15, 0.2) is 11.5 Å². The van der Waals surface area contributed by atoms with Crippen LogP contribution in [0.1, 0.15) is 47.9 Å². The molecular formula is C30H35N3O4. The van der Waals surface area contributed by atoms with Gasteiger partial charge in [-0.25, -0.2) is 4.98 Å². The van der Waals surface area contributed by atoms with Crippen molar-refractivity contribution in [3.63, 3.8) is 0 Å². The molecule has 37 heavy (non-hydrogen) atoms. The number of amides is 1. The predicted octanol–water partition coefficient (Wildman–Crippen LogP) is 5.62. The van der Waals surface area contributed by atoms with E-state index < -0.39 is 0 Å². The van der Waals surface area contributed by atoms with Gasteiger partial charge >= 0.3 is 0 Å². The van der Waals surface area contributed by atoms with E-state index in [-0.39, 0.29) is 5.91 Å². The summed E-state index contributed by atoms with van der Waals surface area (Å²) in [4.78, 5) is 17.5. The summed E-state index contributed by atoms with van der Waals surface area (Å²) >= 11 is 0. The summed E-state index contributed by atoms with van der Waals surface area (Å²) in [7, 11) is 3.13. The zero-order valence-corrected chi connectivity index (χ0v) is 22.0. The molecule has 0 spiro atoms. The van der Waals surface area contributed by atoms with Crippen molar-refractivity contribution in [2.45, 2.75) is 39.2 Å². The highest BCUT2D eigenvalue weighted by Crippen LogP contribution is 2.28. The van der Waals surface area contributed by atoms with Gasteiger partial charge in [0.1, 0.15) is 18.2 Å². The lowest BCUT2D eigenvalue weighted by Gasteiger charge is -2.15. The van der Waals surface area contributed by atoms with Gasteiger partial charge in [-0.3, -0.25) is 4.79 Å². The second kappa shape index (κ2) is 12.3. The molecule has 0 bridgehead atoms. The van der Waals surface area contributed by atoms with Crippen LogP contribution in [0.5, 0.6) is 17.2 Å². The summed E-state index contributed by atoms with van der Waals surface area (Å²) in [5, 5.41) is 3.00. The predicted molar refractivity (Wildman–Crippen MR) is 146 cm³/mol. The number of methoxy groups -OCH3 is 2. The number of nitrogens with zero attached hydrogens (tertiary/aromatic N) is 2. The number of fused-ring (bicyclic) bond motifs is 1. The fourth-order valence-electron chi connectivity index (χ4n) is 4.43. The minimum Gasteiger partial charge on any atom is -0.493 e. The number of hydrogen-bond donors (Lipinski definition) is 1. The lowest BCUT2D eigenvalue weighted by molar-refractivity contribution is 0.0952. The lowest BCUT2D eigenvalue weighted by atomic mass is 10.0. The van der Waals surface area contributed by atoms with E-state index in [9.17, 15) is 4.79 Å². The molecule has 4 aromatic rings. The molecule has 0 atom stereocenters. The second-order valence-corrected chi connectivity index (χ2v) is 9.14. The van der Waals surface area contributed by atoms with Gasteiger partial charge in [-0.05, 0) is 54.3 Å². The van der Waals surface area contributed by atoms with Crippen LogP contribution in [0.4, 0.5) is 0 Å². The Morgan fingerprint density at radius 1 is 0.946 bits per heavy atom. The zero-order valence-electron chi connectivity index (χ0n) is 22.0. The Hall–Kier alpha value is -4.00. The van der Waals surface area contributed by atoms with Crippen LogP contribution >= 0.6 is 0 Å². The van der Waals surface area contributed by atoms with Crippen molar-refractivity contribution in [2.24, 2.45) is 0 Å². The van der Waals surface area contributed by atoms with Crippen LogP contribution in [-0.2, 0) is 13.0 Å². The van der Waals surface area contributed by atoms with E-state index in [0.29, 0.717) is 42.7 Å². The number of aryl methyl sites for hydroxylation is 1. The van der Waals surface area contributed by atoms with Crippen molar-refractivity contribution in [3.05, 3.63) is 83.7 Å². The summed E-state index contributed by atoms with van der Waals surface area (Å²) in [6.45, 7) is 6.13. The molecule has 4 rings (SSSR count). The van der Waals surface area contributed by atoms with Crippen LogP contribution in [0.3, 0.4) is 0 Å². The minimum absolute atomic E-state index is 0.147. The Morgan fingerprint density at radius 2 is 1.70 bits per heavy atom. The molecule has 0 aliphatic rings. The number of benzene rings is 3. The molecule has 0 radical (unpaired) electrons. The average molecular weight is 502 g/mol. The van der Waals surface area contributed by atoms with Gasteiger partial charge in [0, 0.05) is 18.5 Å². The number of para-hydroxylation sites is 3. The van der Waals surface area contributed by atoms with Gasteiger partial charge in [0.2, 0.25) is 0 Å². The molecule has 0 aliphatic carbocycles. The number of ether oxygens (including phenoxy) is 3. The van der Waals surface area contributed by atoms with Crippen LogP contribution < -0.4 is 19.5 Å². The SMILES string of the molecule is COc1ccc(C(=O)NCCCc2nc3ccccc3n2CCOc2ccccc2C(C)C)cc1OC. The Morgan fingerprint density at radius 3 is 2.49 bits per heavy atom. The third kappa shape index (κ3) is 6.23. The van der Waals surface area contributed by atoms with E-state index >= 15 is 0 Å². The Bertz CT molecular complexity index is 1350. The molecule has 7 nitrogen and oxygen atoms in total. The van der Waals surface area contributed by atoms with Gasteiger partial charge in [0.25, 0.3) is 5.91 Å². The van der Waals surface area contributed by atoms with Gasteiger partial charge in [-0.15, -0.1) is 0 Å². The number of imidazole rings is 1.